The van der Waals surface area contributed by atoms with Crippen LogP contribution in [0.4, 0.5) is 0 Å². The monoisotopic (exact) mass is 638 g/mol. The highest BCUT2D eigenvalue weighted by Crippen LogP contribution is 2.42. The highest BCUT2D eigenvalue weighted by Gasteiger charge is 2.43. The molecule has 0 aromatic heterocycles. The SMILES string of the molecule is CC(C)(C)NCC(O)c1ccc(OP(=O)(O)O)c(C[N+]2(CCC(C(N)=O)(c3ccccc3)c3ccccc3)CCCCCC2)c1. The number of β-amino-alcohol motifs (C(OH)–C–C–N with tert-alkyl or cyclic N) is 1. The van der Waals surface area contributed by atoms with Crippen molar-refractivity contribution in [1.29, 1.82) is 0 Å². The fourth-order valence-electron chi connectivity index (χ4n) is 6.56. The first-order valence-corrected chi connectivity index (χ1v) is 17.3. The summed E-state index contributed by atoms with van der Waals surface area (Å²) in [5, 5.41) is 14.4. The lowest BCUT2D eigenvalue weighted by Gasteiger charge is -2.42. The van der Waals surface area contributed by atoms with Gasteiger partial charge < -0.3 is 25.2 Å². The van der Waals surface area contributed by atoms with Gasteiger partial charge >= 0.3 is 7.82 Å². The Balaban J connectivity index is 1.76. The van der Waals surface area contributed by atoms with Gasteiger partial charge in [-0.3, -0.25) is 14.6 Å². The van der Waals surface area contributed by atoms with Gasteiger partial charge in [-0.25, -0.2) is 4.57 Å². The smallest absolute Gasteiger partial charge is 0.404 e. The van der Waals surface area contributed by atoms with Crippen molar-refractivity contribution >= 4 is 13.7 Å². The minimum Gasteiger partial charge on any atom is -0.404 e. The van der Waals surface area contributed by atoms with Gasteiger partial charge in [0.15, 0.2) is 0 Å². The summed E-state index contributed by atoms with van der Waals surface area (Å²) in [6, 6.07) is 24.3. The quantitative estimate of drug-likeness (QED) is 0.126. The van der Waals surface area contributed by atoms with Gasteiger partial charge in [-0.1, -0.05) is 66.7 Å². The maximum atomic E-state index is 13.6. The number of rotatable bonds is 13. The van der Waals surface area contributed by atoms with E-state index in [9.17, 15) is 24.3 Å². The number of hydrogen-bond acceptors (Lipinski definition) is 5. The van der Waals surface area contributed by atoms with Crippen molar-refractivity contribution in [1.82, 2.24) is 5.32 Å². The number of benzene rings is 3. The number of quaternary nitrogens is 1. The summed E-state index contributed by atoms with van der Waals surface area (Å²) in [6.45, 7) is 9.04. The number of phosphoric acid groups is 1. The van der Waals surface area contributed by atoms with Crippen LogP contribution < -0.4 is 15.6 Å². The van der Waals surface area contributed by atoms with E-state index in [-0.39, 0.29) is 11.3 Å². The Morgan fingerprint density at radius 1 is 0.933 bits per heavy atom. The Morgan fingerprint density at radius 3 is 1.98 bits per heavy atom. The molecule has 0 saturated carbocycles. The lowest BCUT2D eigenvalue weighted by atomic mass is 9.71. The predicted molar refractivity (Wildman–Crippen MR) is 176 cm³/mol. The molecule has 1 saturated heterocycles. The van der Waals surface area contributed by atoms with Crippen molar-refractivity contribution in [2.45, 2.75) is 76.5 Å². The summed E-state index contributed by atoms with van der Waals surface area (Å²) in [4.78, 5) is 33.1. The van der Waals surface area contributed by atoms with Gasteiger partial charge in [0.05, 0.1) is 25.7 Å². The van der Waals surface area contributed by atoms with Gasteiger partial charge in [-0.2, -0.15) is 0 Å². The Morgan fingerprint density at radius 2 is 1.49 bits per heavy atom. The van der Waals surface area contributed by atoms with Crippen LogP contribution in [0.3, 0.4) is 0 Å². The third kappa shape index (κ3) is 9.26. The molecule has 244 valence electrons. The number of aliphatic hydroxyl groups is 1. The van der Waals surface area contributed by atoms with Crippen molar-refractivity contribution in [2.24, 2.45) is 5.73 Å². The molecule has 0 spiro atoms. The van der Waals surface area contributed by atoms with E-state index in [2.05, 4.69) is 5.32 Å². The molecule has 1 aliphatic rings. The number of carbonyl (C=O) groups is 1. The Kier molecular flexibility index (Phi) is 11.3. The Labute approximate surface area is 267 Å². The second-order valence-corrected chi connectivity index (χ2v) is 14.6. The van der Waals surface area contributed by atoms with Gasteiger partial charge in [-0.15, -0.1) is 0 Å². The van der Waals surface area contributed by atoms with E-state index in [1.807, 2.05) is 81.4 Å². The topological polar surface area (TPSA) is 142 Å². The van der Waals surface area contributed by atoms with Crippen molar-refractivity contribution in [3.63, 3.8) is 0 Å². The van der Waals surface area contributed by atoms with Crippen LogP contribution in [-0.4, -0.2) is 57.0 Å². The number of hydrogen-bond donors (Lipinski definition) is 5. The molecule has 0 radical (unpaired) electrons. The minimum atomic E-state index is -4.85. The second kappa shape index (κ2) is 14.6. The van der Waals surface area contributed by atoms with Gasteiger partial charge in [0, 0.05) is 24.1 Å². The van der Waals surface area contributed by atoms with Crippen LogP contribution in [-0.2, 0) is 21.3 Å². The molecule has 6 N–H and O–H groups in total. The molecule has 10 heteroatoms. The van der Waals surface area contributed by atoms with Crippen molar-refractivity contribution in [2.75, 3.05) is 26.2 Å². The Hall–Kier alpha value is -3.04. The molecule has 3 aromatic carbocycles. The summed E-state index contributed by atoms with van der Waals surface area (Å²) >= 11 is 0. The summed E-state index contributed by atoms with van der Waals surface area (Å²) in [5.41, 5.74) is 7.94. The fourth-order valence-corrected chi connectivity index (χ4v) is 7.00. The van der Waals surface area contributed by atoms with E-state index in [4.69, 9.17) is 10.3 Å². The molecule has 1 atom stereocenters. The molecule has 1 aliphatic heterocycles. The van der Waals surface area contributed by atoms with E-state index in [0.717, 1.165) is 49.9 Å². The Bertz CT molecular complexity index is 1410. The molecule has 1 heterocycles. The molecule has 1 amide bonds. The number of nitrogens with zero attached hydrogens (tertiary/aromatic N) is 1. The lowest BCUT2D eigenvalue weighted by molar-refractivity contribution is -0.940. The molecule has 3 aromatic rings. The number of phosphoric ester groups is 1. The number of carbonyl (C=O) groups excluding carboxylic acids is 1. The summed E-state index contributed by atoms with van der Waals surface area (Å²) in [6.07, 6.45) is 3.74. The van der Waals surface area contributed by atoms with Crippen LogP contribution in [0.15, 0.2) is 78.9 Å². The highest BCUT2D eigenvalue weighted by atomic mass is 31.2. The second-order valence-electron chi connectivity index (χ2n) is 13.4. The zero-order valence-corrected chi connectivity index (χ0v) is 27.6. The first-order valence-electron chi connectivity index (χ1n) is 15.8. The van der Waals surface area contributed by atoms with Gasteiger partial charge in [0.1, 0.15) is 17.7 Å². The first-order chi connectivity index (χ1) is 21.2. The minimum absolute atomic E-state index is 0.0945. The van der Waals surface area contributed by atoms with E-state index in [1.54, 1.807) is 18.2 Å². The van der Waals surface area contributed by atoms with E-state index in [0.29, 0.717) is 41.7 Å². The average molecular weight is 639 g/mol. The third-order valence-corrected chi connectivity index (χ3v) is 9.38. The number of nitrogens with one attached hydrogen (secondary N) is 1. The van der Waals surface area contributed by atoms with Gasteiger partial charge in [0.25, 0.3) is 0 Å². The highest BCUT2D eigenvalue weighted by molar-refractivity contribution is 7.46. The first kappa shape index (κ1) is 34.8. The number of primary amides is 1. The largest absolute Gasteiger partial charge is 0.524 e. The number of nitrogens with two attached hydrogens (primary N) is 1. The van der Waals surface area contributed by atoms with Gasteiger partial charge in [-0.05, 0) is 75.3 Å². The molecule has 1 fully saturated rings. The van der Waals surface area contributed by atoms with Crippen LogP contribution in [0, 0.1) is 0 Å². The van der Waals surface area contributed by atoms with Crippen LogP contribution in [0.1, 0.15) is 81.2 Å². The van der Waals surface area contributed by atoms with Crippen LogP contribution in [0.2, 0.25) is 0 Å². The molecule has 4 rings (SSSR count). The zero-order chi connectivity index (χ0) is 32.7. The third-order valence-electron chi connectivity index (χ3n) is 8.95. The van der Waals surface area contributed by atoms with Crippen LogP contribution >= 0.6 is 7.82 Å². The maximum absolute atomic E-state index is 13.6. The standard InChI is InChI=1S/C35H48N3O6P/c1-34(2,3)37-25-31(39)27-18-19-32(44-45(41,42)43)28(24-27)26-38(21-12-4-5-13-22-38)23-20-35(33(36)40,29-14-8-6-9-15-29)30-16-10-7-11-17-30/h6-11,14-19,24,31,37,39H,4-5,12-13,20-23,25-26H2,1-3H3,(H3-,36,40,41,42,43)/p+1. The number of aliphatic hydroxyl groups excluding tert-OH is 1. The zero-order valence-electron chi connectivity index (χ0n) is 26.7. The molecule has 9 nitrogen and oxygen atoms in total. The van der Waals surface area contributed by atoms with E-state index in [1.165, 1.54) is 0 Å². The van der Waals surface area contributed by atoms with Crippen LogP contribution in [0.25, 0.3) is 0 Å². The molecule has 1 unspecified atom stereocenters. The van der Waals surface area contributed by atoms with Crippen molar-refractivity contribution in [3.8, 4) is 5.75 Å². The lowest BCUT2D eigenvalue weighted by Crippen LogP contribution is -2.52. The molecule has 0 aliphatic carbocycles. The number of likely N-dealkylation sites (tertiary alicyclic amines) is 1. The maximum Gasteiger partial charge on any atom is 0.524 e. The molecule has 45 heavy (non-hydrogen) atoms. The summed E-state index contributed by atoms with van der Waals surface area (Å²) < 4.78 is 17.8. The average Bonchev–Trinajstić information content (AvgIpc) is 3.23. The predicted octanol–water partition coefficient (Wildman–Crippen LogP) is 5.33. The van der Waals surface area contributed by atoms with Gasteiger partial charge in [0.2, 0.25) is 5.91 Å². The molecular weight excluding hydrogens is 589 g/mol. The molecular formula is C35H49N3O6P+. The molecule has 0 bridgehead atoms. The van der Waals surface area contributed by atoms with Crippen molar-refractivity contribution in [3.05, 3.63) is 101 Å². The van der Waals surface area contributed by atoms with Crippen LogP contribution in [0.5, 0.6) is 5.75 Å². The number of amides is 1. The normalized spacial score (nSPS) is 16.5. The summed E-state index contributed by atoms with van der Waals surface area (Å²) in [5.74, 6) is -0.327. The fraction of sp³-hybridized carbons (Fsp3) is 0.457. The van der Waals surface area contributed by atoms with E-state index >= 15 is 0 Å². The summed E-state index contributed by atoms with van der Waals surface area (Å²) in [7, 11) is -4.85. The van der Waals surface area contributed by atoms with Crippen molar-refractivity contribution < 1.29 is 33.3 Å². The van der Waals surface area contributed by atoms with E-state index < -0.39 is 25.2 Å².